The maximum atomic E-state index is 5.71. The van der Waals surface area contributed by atoms with Gasteiger partial charge in [0.05, 0.1) is 19.7 Å². The molecule has 0 unspecified atom stereocenters. The fourth-order valence-electron chi connectivity index (χ4n) is 2.92. The number of hydrogen-bond acceptors (Lipinski definition) is 4. The Morgan fingerprint density at radius 1 is 1.38 bits per heavy atom. The maximum absolute atomic E-state index is 5.71. The summed E-state index contributed by atoms with van der Waals surface area (Å²) in [4.78, 5) is 6.88. The fourth-order valence-corrected chi connectivity index (χ4v) is 2.92. The van der Waals surface area contributed by atoms with Crippen LogP contribution in [0.5, 0.6) is 0 Å². The van der Waals surface area contributed by atoms with Gasteiger partial charge in [0.1, 0.15) is 17.3 Å². The van der Waals surface area contributed by atoms with E-state index in [1.165, 1.54) is 0 Å². The van der Waals surface area contributed by atoms with E-state index in [1.54, 1.807) is 0 Å². The van der Waals surface area contributed by atoms with Crippen molar-refractivity contribution < 1.29 is 9.15 Å². The standard InChI is InChI=1S/C16H23N3O2/c1-3-20-12-14-8-18(10-15-5-4-13(2)21-15)11-16-17-6-7-19(16)9-14/h4-7,14H,3,8-12H2,1-2H3/t14-/m1/s1. The highest BCUT2D eigenvalue weighted by Gasteiger charge is 2.23. The van der Waals surface area contributed by atoms with Crippen LogP contribution in [-0.4, -0.2) is 34.2 Å². The third-order valence-electron chi connectivity index (χ3n) is 3.87. The molecule has 1 atom stereocenters. The molecule has 1 aliphatic rings. The Bertz CT molecular complexity index is 576. The minimum atomic E-state index is 0.483. The first-order valence-electron chi connectivity index (χ1n) is 7.60. The number of aromatic nitrogens is 2. The van der Waals surface area contributed by atoms with Gasteiger partial charge in [0.25, 0.3) is 0 Å². The molecule has 3 heterocycles. The molecule has 2 aromatic heterocycles. The predicted octanol–water partition coefficient (Wildman–Crippen LogP) is 2.45. The molecule has 0 fully saturated rings. The molecule has 5 heteroatoms. The third kappa shape index (κ3) is 3.54. The first kappa shape index (κ1) is 14.4. The van der Waals surface area contributed by atoms with Gasteiger partial charge in [-0.25, -0.2) is 4.98 Å². The number of rotatable bonds is 5. The molecule has 0 amide bonds. The maximum Gasteiger partial charge on any atom is 0.122 e. The molecule has 0 spiro atoms. The summed E-state index contributed by atoms with van der Waals surface area (Å²) in [6, 6.07) is 4.08. The summed E-state index contributed by atoms with van der Waals surface area (Å²) in [7, 11) is 0. The summed E-state index contributed by atoms with van der Waals surface area (Å²) >= 11 is 0. The topological polar surface area (TPSA) is 43.4 Å². The van der Waals surface area contributed by atoms with Crippen molar-refractivity contribution in [1.82, 2.24) is 14.5 Å². The molecule has 0 radical (unpaired) electrons. The molecule has 2 aromatic rings. The Kier molecular flexibility index (Phi) is 4.41. The highest BCUT2D eigenvalue weighted by Crippen LogP contribution is 2.19. The average Bonchev–Trinajstić information content (AvgIpc) is 3.02. The normalized spacial score (nSPS) is 19.4. The summed E-state index contributed by atoms with van der Waals surface area (Å²) in [5.41, 5.74) is 0. The van der Waals surface area contributed by atoms with Crippen LogP contribution >= 0.6 is 0 Å². The first-order chi connectivity index (χ1) is 10.2. The van der Waals surface area contributed by atoms with Crippen LogP contribution in [0.2, 0.25) is 0 Å². The van der Waals surface area contributed by atoms with Crippen molar-refractivity contribution in [3.05, 3.63) is 41.9 Å². The van der Waals surface area contributed by atoms with E-state index in [4.69, 9.17) is 9.15 Å². The van der Waals surface area contributed by atoms with Gasteiger partial charge in [-0.2, -0.15) is 0 Å². The molecule has 3 rings (SSSR count). The van der Waals surface area contributed by atoms with Crippen molar-refractivity contribution in [1.29, 1.82) is 0 Å². The molecule has 0 bridgehead atoms. The van der Waals surface area contributed by atoms with Crippen molar-refractivity contribution in [3.63, 3.8) is 0 Å². The van der Waals surface area contributed by atoms with Crippen molar-refractivity contribution in [3.8, 4) is 0 Å². The lowest BCUT2D eigenvalue weighted by molar-refractivity contribution is 0.0834. The van der Waals surface area contributed by atoms with Crippen molar-refractivity contribution >= 4 is 0 Å². The van der Waals surface area contributed by atoms with Crippen LogP contribution < -0.4 is 0 Å². The van der Waals surface area contributed by atoms with Gasteiger partial charge in [0.2, 0.25) is 0 Å². The minimum absolute atomic E-state index is 0.483. The van der Waals surface area contributed by atoms with Crippen LogP contribution in [0.25, 0.3) is 0 Å². The van der Waals surface area contributed by atoms with Gasteiger partial charge in [0.15, 0.2) is 0 Å². The summed E-state index contributed by atoms with van der Waals surface area (Å²) in [5, 5.41) is 0. The van der Waals surface area contributed by atoms with Gasteiger partial charge in [-0.1, -0.05) is 0 Å². The molecule has 21 heavy (non-hydrogen) atoms. The van der Waals surface area contributed by atoms with Gasteiger partial charge in [-0.3, -0.25) is 4.90 Å². The van der Waals surface area contributed by atoms with Crippen LogP contribution in [0, 0.1) is 12.8 Å². The molecule has 0 aromatic carbocycles. The zero-order valence-corrected chi connectivity index (χ0v) is 12.8. The van der Waals surface area contributed by atoms with Gasteiger partial charge in [-0.15, -0.1) is 0 Å². The van der Waals surface area contributed by atoms with E-state index in [9.17, 15) is 0 Å². The summed E-state index contributed by atoms with van der Waals surface area (Å²) < 4.78 is 13.6. The highest BCUT2D eigenvalue weighted by atomic mass is 16.5. The highest BCUT2D eigenvalue weighted by molar-refractivity contribution is 5.06. The van der Waals surface area contributed by atoms with E-state index in [0.29, 0.717) is 5.92 Å². The molecule has 0 N–H and O–H groups in total. The lowest BCUT2D eigenvalue weighted by Gasteiger charge is -2.22. The zero-order chi connectivity index (χ0) is 14.7. The average molecular weight is 289 g/mol. The number of ether oxygens (including phenoxy) is 1. The number of nitrogens with zero attached hydrogens (tertiary/aromatic N) is 3. The lowest BCUT2D eigenvalue weighted by Crippen LogP contribution is -2.30. The quantitative estimate of drug-likeness (QED) is 0.848. The molecule has 1 aliphatic heterocycles. The molecule has 5 nitrogen and oxygen atoms in total. The second-order valence-corrected chi connectivity index (χ2v) is 5.70. The van der Waals surface area contributed by atoms with E-state index in [2.05, 4.69) is 26.7 Å². The molecule has 114 valence electrons. The Labute approximate surface area is 125 Å². The third-order valence-corrected chi connectivity index (χ3v) is 3.87. The largest absolute Gasteiger partial charge is 0.465 e. The van der Waals surface area contributed by atoms with Crippen molar-refractivity contribution in [2.24, 2.45) is 5.92 Å². The summed E-state index contributed by atoms with van der Waals surface area (Å²) in [6.45, 7) is 9.25. The number of hydrogen-bond donors (Lipinski definition) is 0. The van der Waals surface area contributed by atoms with Gasteiger partial charge in [-0.05, 0) is 26.0 Å². The van der Waals surface area contributed by atoms with E-state index in [-0.39, 0.29) is 0 Å². The molecular formula is C16H23N3O2. The van der Waals surface area contributed by atoms with E-state index in [0.717, 1.165) is 56.7 Å². The second kappa shape index (κ2) is 6.45. The number of aryl methyl sites for hydroxylation is 1. The Hall–Kier alpha value is -1.59. The van der Waals surface area contributed by atoms with E-state index < -0.39 is 0 Å². The minimum Gasteiger partial charge on any atom is -0.465 e. The summed E-state index contributed by atoms with van der Waals surface area (Å²) in [5.74, 6) is 3.59. The first-order valence-corrected chi connectivity index (χ1v) is 7.60. The van der Waals surface area contributed by atoms with Gasteiger partial charge in [0, 0.05) is 38.0 Å². The fraction of sp³-hybridized carbons (Fsp3) is 0.562. The SMILES string of the molecule is CCOC[C@@H]1CN(Cc2ccc(C)o2)Cc2nccn2C1. The van der Waals surface area contributed by atoms with Gasteiger partial charge < -0.3 is 13.7 Å². The van der Waals surface area contributed by atoms with Crippen molar-refractivity contribution in [2.75, 3.05) is 19.8 Å². The predicted molar refractivity (Wildman–Crippen MR) is 79.8 cm³/mol. The Balaban J connectivity index is 1.73. The summed E-state index contributed by atoms with van der Waals surface area (Å²) in [6.07, 6.45) is 3.95. The van der Waals surface area contributed by atoms with Crippen LogP contribution in [0.1, 0.15) is 24.3 Å². The molecular weight excluding hydrogens is 266 g/mol. The Morgan fingerprint density at radius 2 is 2.29 bits per heavy atom. The van der Waals surface area contributed by atoms with E-state index in [1.807, 2.05) is 26.1 Å². The number of furan rings is 1. The molecule has 0 saturated heterocycles. The Morgan fingerprint density at radius 3 is 3.05 bits per heavy atom. The number of imidazole rings is 1. The molecule has 0 aliphatic carbocycles. The van der Waals surface area contributed by atoms with Crippen LogP contribution in [-0.2, 0) is 24.4 Å². The molecule has 0 saturated carbocycles. The number of fused-ring (bicyclic) bond motifs is 1. The van der Waals surface area contributed by atoms with Crippen molar-refractivity contribution in [2.45, 2.75) is 33.5 Å². The van der Waals surface area contributed by atoms with Crippen LogP contribution in [0.4, 0.5) is 0 Å². The van der Waals surface area contributed by atoms with Gasteiger partial charge >= 0.3 is 0 Å². The lowest BCUT2D eigenvalue weighted by atomic mass is 10.1. The zero-order valence-electron chi connectivity index (χ0n) is 12.8. The monoisotopic (exact) mass is 289 g/mol. The van der Waals surface area contributed by atoms with Crippen LogP contribution in [0.15, 0.2) is 28.9 Å². The van der Waals surface area contributed by atoms with Crippen LogP contribution in [0.3, 0.4) is 0 Å². The van der Waals surface area contributed by atoms with E-state index >= 15 is 0 Å². The smallest absolute Gasteiger partial charge is 0.122 e. The second-order valence-electron chi connectivity index (χ2n) is 5.70.